The van der Waals surface area contributed by atoms with Gasteiger partial charge >= 0.3 is 11.4 Å². The molecule has 2 aliphatic heterocycles. The van der Waals surface area contributed by atoms with Gasteiger partial charge in [-0.3, -0.25) is 28.1 Å². The Morgan fingerprint density at radius 2 is 1.70 bits per heavy atom. The average Bonchev–Trinajstić information content (AvgIpc) is 3.90. The molecule has 1 saturated heterocycles. The first kappa shape index (κ1) is 43.2. The van der Waals surface area contributed by atoms with Crippen molar-refractivity contribution in [3.63, 3.8) is 0 Å². The predicted molar refractivity (Wildman–Crippen MR) is 255 cm³/mol. The second kappa shape index (κ2) is 15.3. The molecule has 15 nitrogen and oxygen atoms in total. The highest BCUT2D eigenvalue weighted by molar-refractivity contribution is 5.99. The van der Waals surface area contributed by atoms with Crippen LogP contribution in [-0.2, 0) is 17.2 Å². The summed E-state index contributed by atoms with van der Waals surface area (Å²) in [7, 11) is 1.73. The maximum Gasteiger partial charge on any atom is 0.438 e. The fraction of sp³-hybridized carbons (Fsp3) is 0.434. The molecule has 0 spiro atoms. The number of aromatic amines is 1. The minimum Gasteiger partial charge on any atom is -0.376 e. The van der Waals surface area contributed by atoms with Gasteiger partial charge in [0.1, 0.15) is 11.6 Å². The quantitative estimate of drug-likeness (QED) is 0.158. The van der Waals surface area contributed by atoms with E-state index < -0.39 is 28.7 Å². The zero-order valence-corrected chi connectivity index (χ0v) is 39.8. The number of H-pyrrole nitrogens is 1. The van der Waals surface area contributed by atoms with E-state index >= 15 is 18.4 Å². The predicted octanol–water partition coefficient (Wildman–Crippen LogP) is 9.03. The minimum atomic E-state index is -0.815. The van der Waals surface area contributed by atoms with Crippen LogP contribution in [0, 0.1) is 17.6 Å². The zero-order chi connectivity index (χ0) is 48.1. The van der Waals surface area contributed by atoms with Crippen LogP contribution in [0.1, 0.15) is 154 Å². The number of amides is 1. The molecule has 360 valence electrons. The van der Waals surface area contributed by atoms with Crippen molar-refractivity contribution in [1.82, 2.24) is 48.1 Å². The summed E-state index contributed by atoms with van der Waals surface area (Å²) >= 11 is 0. The van der Waals surface area contributed by atoms with Gasteiger partial charge in [0.05, 0.1) is 56.8 Å². The number of ether oxygens (including phenoxy) is 1. The van der Waals surface area contributed by atoms with Gasteiger partial charge in [-0.25, -0.2) is 23.1 Å². The van der Waals surface area contributed by atoms with Gasteiger partial charge < -0.3 is 14.0 Å². The Morgan fingerprint density at radius 3 is 2.46 bits per heavy atom. The summed E-state index contributed by atoms with van der Waals surface area (Å²) in [6.07, 6.45) is 14.1. The molecule has 3 saturated carbocycles. The Morgan fingerprint density at radius 1 is 0.900 bits per heavy atom. The maximum atomic E-state index is 16.4. The number of benzene rings is 2. The van der Waals surface area contributed by atoms with E-state index in [-0.39, 0.29) is 58.1 Å². The number of aryl methyl sites for hydroxylation is 1. The summed E-state index contributed by atoms with van der Waals surface area (Å²) in [5.74, 6) is -0.740. The number of hydrogen-bond donors (Lipinski definition) is 1. The summed E-state index contributed by atoms with van der Waals surface area (Å²) in [5.41, 5.74) is 4.97. The van der Waals surface area contributed by atoms with Crippen molar-refractivity contribution >= 4 is 22.3 Å². The van der Waals surface area contributed by atoms with Crippen molar-refractivity contribution in [2.24, 2.45) is 13.0 Å². The molecule has 0 bridgehead atoms. The Bertz CT molecular complexity index is 3580. The molecular formula is C53H54F2N10O5. The molecule has 70 heavy (non-hydrogen) atoms. The lowest BCUT2D eigenvalue weighted by Gasteiger charge is -2.47. The molecule has 2 unspecified atom stereocenters. The molecule has 13 rings (SSSR count). The smallest absolute Gasteiger partial charge is 0.376 e. The standard InChI is InChI=1S/C53H54F2N10O5/c1-28-25-53(28,49-57-50(67)70-59-49)46-37(24-34-22-31(16-18-61(34)46)32-17-21-69-52(3,4)26-32)48(66)64-29(2)43-45(35-8-6-7-9-41(35)64)58-65(33-12-13-39(54)36(23-33)30-10-11-30)47(43)63-20-19-62(51(63)68)42-15-14-40-38(44(42)55)27-56-60(40)5/h12-16,18-20,22-24,27-30,32,35,41H,6-11,17,21,25-26H2,1-5H3,(H,57,59,67)/t28-,29-,32-,35?,41?,53+/m0/s1. The number of imidazole rings is 1. The summed E-state index contributed by atoms with van der Waals surface area (Å²) in [6, 6.07) is 13.8. The van der Waals surface area contributed by atoms with Gasteiger partial charge in [0.15, 0.2) is 11.6 Å². The Kier molecular flexibility index (Phi) is 9.44. The first-order valence-corrected chi connectivity index (χ1v) is 24.7. The van der Waals surface area contributed by atoms with Crippen LogP contribution in [0.25, 0.3) is 33.6 Å². The third-order valence-electron chi connectivity index (χ3n) is 16.6. The molecule has 0 radical (unpaired) electrons. The lowest BCUT2D eigenvalue weighted by molar-refractivity contribution is -0.0593. The molecule has 8 aromatic rings. The highest BCUT2D eigenvalue weighted by atomic mass is 19.1. The van der Waals surface area contributed by atoms with Crippen LogP contribution in [-0.4, -0.2) is 72.3 Å². The molecule has 1 amide bonds. The van der Waals surface area contributed by atoms with Crippen LogP contribution < -0.4 is 11.4 Å². The van der Waals surface area contributed by atoms with E-state index in [0.717, 1.165) is 68.3 Å². The number of nitrogens with zero attached hydrogens (tertiary/aromatic N) is 9. The van der Waals surface area contributed by atoms with Crippen LogP contribution in [0.2, 0.25) is 0 Å². The van der Waals surface area contributed by atoms with Gasteiger partial charge in [0.2, 0.25) is 0 Å². The van der Waals surface area contributed by atoms with E-state index in [0.29, 0.717) is 52.6 Å². The number of aromatic nitrogens is 9. The number of halogens is 2. The van der Waals surface area contributed by atoms with Gasteiger partial charge in [0.25, 0.3) is 5.91 Å². The maximum absolute atomic E-state index is 16.4. The van der Waals surface area contributed by atoms with Gasteiger partial charge in [-0.2, -0.15) is 10.2 Å². The topological polar surface area (TPSA) is 155 Å². The SMILES string of the molecule is C[C@H]1c2c(nn(-c3ccc(F)c(C4CC4)c3)c2-n2ccn(-c3ccc4c(cnn4C)c3F)c2=O)C2CCCCC2N1C(=O)c1cc2cc([C@H]3CCOC(C)(C)C3)ccn2c1[C@@]1(c2noc(=O)[nH]2)C[C@@H]1C. The van der Waals surface area contributed by atoms with E-state index in [4.69, 9.17) is 14.4 Å². The van der Waals surface area contributed by atoms with E-state index in [1.54, 1.807) is 47.0 Å². The van der Waals surface area contributed by atoms with E-state index in [1.807, 2.05) is 24.0 Å². The first-order chi connectivity index (χ1) is 33.7. The molecule has 8 heterocycles. The van der Waals surface area contributed by atoms with Crippen LogP contribution in [0.5, 0.6) is 0 Å². The number of pyridine rings is 1. The number of nitrogens with one attached hydrogen (secondary N) is 1. The van der Waals surface area contributed by atoms with E-state index in [2.05, 4.69) is 58.7 Å². The Hall–Kier alpha value is -6.88. The van der Waals surface area contributed by atoms with Crippen LogP contribution in [0.15, 0.2) is 87.4 Å². The monoisotopic (exact) mass is 948 g/mol. The third kappa shape index (κ3) is 6.38. The normalized spacial score (nSPS) is 25.1. The van der Waals surface area contributed by atoms with Crippen molar-refractivity contribution in [3.8, 4) is 17.2 Å². The number of hydrogen-bond acceptors (Lipinski definition) is 8. The summed E-state index contributed by atoms with van der Waals surface area (Å²) in [5, 5.41) is 14.2. The Balaban J connectivity index is 1.00. The molecule has 5 aliphatic rings. The first-order valence-electron chi connectivity index (χ1n) is 24.7. The fourth-order valence-corrected chi connectivity index (χ4v) is 12.8. The average molecular weight is 949 g/mol. The number of rotatable bonds is 8. The fourth-order valence-electron chi connectivity index (χ4n) is 12.8. The van der Waals surface area contributed by atoms with Crippen LogP contribution in [0.4, 0.5) is 8.78 Å². The molecule has 1 N–H and O–H groups in total. The van der Waals surface area contributed by atoms with Gasteiger partial charge in [-0.1, -0.05) is 24.9 Å². The van der Waals surface area contributed by atoms with Crippen LogP contribution >= 0.6 is 0 Å². The zero-order valence-electron chi connectivity index (χ0n) is 39.8. The molecular weight excluding hydrogens is 895 g/mol. The van der Waals surface area contributed by atoms with Crippen molar-refractivity contribution < 1.29 is 22.8 Å². The second-order valence-corrected chi connectivity index (χ2v) is 21.3. The number of fused-ring (bicyclic) bond motifs is 5. The second-order valence-electron chi connectivity index (χ2n) is 21.3. The van der Waals surface area contributed by atoms with E-state index in [9.17, 15) is 4.79 Å². The van der Waals surface area contributed by atoms with Crippen molar-refractivity contribution in [1.29, 1.82) is 0 Å². The molecule has 17 heteroatoms. The van der Waals surface area contributed by atoms with Crippen molar-refractivity contribution in [3.05, 3.63) is 145 Å². The van der Waals surface area contributed by atoms with Gasteiger partial charge in [-0.05, 0) is 143 Å². The molecule has 3 aliphatic carbocycles. The Labute approximate surface area is 400 Å². The van der Waals surface area contributed by atoms with E-state index in [1.165, 1.54) is 27.0 Å². The number of carbonyl (C=O) groups excluding carboxylic acids is 1. The highest BCUT2D eigenvalue weighted by Gasteiger charge is 2.60. The van der Waals surface area contributed by atoms with Crippen molar-refractivity contribution in [2.45, 2.75) is 126 Å². The van der Waals surface area contributed by atoms with Gasteiger partial charge in [0, 0.05) is 61.0 Å². The minimum absolute atomic E-state index is 0.0161. The molecule has 6 aromatic heterocycles. The lowest BCUT2D eigenvalue weighted by atomic mass is 9.75. The molecule has 4 fully saturated rings. The summed E-state index contributed by atoms with van der Waals surface area (Å²) < 4.78 is 51.3. The lowest BCUT2D eigenvalue weighted by Crippen LogP contribution is -2.50. The van der Waals surface area contributed by atoms with Crippen LogP contribution in [0.3, 0.4) is 0 Å². The van der Waals surface area contributed by atoms with Gasteiger partial charge in [-0.15, -0.1) is 0 Å². The summed E-state index contributed by atoms with van der Waals surface area (Å²) in [4.78, 5) is 48.7. The van der Waals surface area contributed by atoms with Crippen molar-refractivity contribution in [2.75, 3.05) is 6.61 Å². The summed E-state index contributed by atoms with van der Waals surface area (Å²) in [6.45, 7) is 9.01. The highest BCUT2D eigenvalue weighted by Crippen LogP contribution is 2.59. The molecule has 2 aromatic carbocycles. The largest absolute Gasteiger partial charge is 0.438 e. The third-order valence-corrected chi connectivity index (χ3v) is 16.6. The molecule has 6 atom stereocenters. The number of carbonyl (C=O) groups is 1.